The van der Waals surface area contributed by atoms with E-state index in [0.29, 0.717) is 6.54 Å². The van der Waals surface area contributed by atoms with Gasteiger partial charge in [-0.2, -0.15) is 0 Å². The number of benzene rings is 1. The highest BCUT2D eigenvalue weighted by molar-refractivity contribution is 7.09. The second-order valence-corrected chi connectivity index (χ2v) is 8.43. The van der Waals surface area contributed by atoms with Gasteiger partial charge in [-0.05, 0) is 37.5 Å². The van der Waals surface area contributed by atoms with Crippen molar-refractivity contribution in [2.75, 3.05) is 27.7 Å². The van der Waals surface area contributed by atoms with Crippen LogP contribution in [0.2, 0.25) is 5.02 Å². The molecule has 1 aromatic heterocycles. The molecule has 1 fully saturated rings. The molecule has 1 N–H and O–H groups in total. The Morgan fingerprint density at radius 1 is 1.41 bits per heavy atom. The Bertz CT molecular complexity index is 786. The van der Waals surface area contributed by atoms with Crippen molar-refractivity contribution in [1.82, 2.24) is 15.2 Å². The lowest BCUT2D eigenvalue weighted by atomic mass is 9.96. The predicted molar refractivity (Wildman–Crippen MR) is 113 cm³/mol. The predicted octanol–water partition coefficient (Wildman–Crippen LogP) is 4.24. The van der Waals surface area contributed by atoms with Crippen molar-refractivity contribution in [3.8, 4) is 0 Å². The molecule has 5 nitrogen and oxygen atoms in total. The van der Waals surface area contributed by atoms with Gasteiger partial charge in [0.15, 0.2) is 5.96 Å². The number of guanidine groups is 1. The summed E-state index contributed by atoms with van der Waals surface area (Å²) in [6.07, 6.45) is 2.40. The molecule has 3 rings (SSSR count). The number of nitrogens with one attached hydrogen (secondary N) is 1. The molecular weight excluding hydrogens is 380 g/mol. The Morgan fingerprint density at radius 2 is 2.11 bits per heavy atom. The fourth-order valence-corrected chi connectivity index (χ4v) is 4.12. The van der Waals surface area contributed by atoms with Gasteiger partial charge < -0.3 is 15.0 Å². The van der Waals surface area contributed by atoms with Crippen LogP contribution in [-0.2, 0) is 16.7 Å². The maximum atomic E-state index is 6.03. The average molecular weight is 407 g/mol. The number of aliphatic imine (C=N–C) groups is 1. The summed E-state index contributed by atoms with van der Waals surface area (Å²) in [5.41, 5.74) is 2.57. The van der Waals surface area contributed by atoms with Crippen LogP contribution in [0.15, 0.2) is 34.6 Å². The lowest BCUT2D eigenvalue weighted by Crippen LogP contribution is -2.42. The normalized spacial score (nSPS) is 16.9. The molecule has 1 aromatic carbocycles. The van der Waals surface area contributed by atoms with Crippen LogP contribution < -0.4 is 5.32 Å². The molecule has 1 atom stereocenters. The van der Waals surface area contributed by atoms with E-state index in [2.05, 4.69) is 37.7 Å². The summed E-state index contributed by atoms with van der Waals surface area (Å²) < 4.78 is 5.35. The molecule has 1 heterocycles. The zero-order valence-corrected chi connectivity index (χ0v) is 17.9. The Morgan fingerprint density at radius 3 is 2.70 bits per heavy atom. The monoisotopic (exact) mass is 406 g/mol. The fourth-order valence-electron chi connectivity index (χ4n) is 3.16. The number of nitrogens with zero attached hydrogens (tertiary/aromatic N) is 3. The van der Waals surface area contributed by atoms with Gasteiger partial charge in [-0.25, -0.2) is 4.98 Å². The lowest BCUT2D eigenvalue weighted by molar-refractivity contribution is 0.119. The van der Waals surface area contributed by atoms with Crippen molar-refractivity contribution in [2.24, 2.45) is 4.99 Å². The first-order valence-corrected chi connectivity index (χ1v) is 10.4. The van der Waals surface area contributed by atoms with Crippen LogP contribution in [0.5, 0.6) is 0 Å². The molecule has 1 unspecified atom stereocenters. The standard InChI is InChI=1S/C20H27ClN4OS/c1-14(26-4)18-24-17(12-27-18)11-25(3)19(22-2)23-13-20(9-10-20)15-5-7-16(21)8-6-15/h5-8,12,14H,9-11,13H2,1-4H3,(H,22,23). The number of halogens is 1. The molecule has 27 heavy (non-hydrogen) atoms. The molecule has 2 aromatic rings. The van der Waals surface area contributed by atoms with Crippen LogP contribution in [0, 0.1) is 0 Å². The van der Waals surface area contributed by atoms with E-state index in [4.69, 9.17) is 16.3 Å². The SMILES string of the molecule is CN=C(NCC1(c2ccc(Cl)cc2)CC1)N(C)Cc1csc(C(C)OC)n1. The van der Waals surface area contributed by atoms with Gasteiger partial charge >= 0.3 is 0 Å². The van der Waals surface area contributed by atoms with E-state index in [9.17, 15) is 0 Å². The summed E-state index contributed by atoms with van der Waals surface area (Å²) in [5.74, 6) is 0.879. The number of rotatable bonds is 7. The van der Waals surface area contributed by atoms with E-state index >= 15 is 0 Å². The largest absolute Gasteiger partial charge is 0.375 e. The fraction of sp³-hybridized carbons (Fsp3) is 0.500. The van der Waals surface area contributed by atoms with Gasteiger partial charge in [0.05, 0.1) is 12.2 Å². The van der Waals surface area contributed by atoms with Crippen molar-refractivity contribution in [3.63, 3.8) is 0 Å². The van der Waals surface area contributed by atoms with E-state index < -0.39 is 0 Å². The van der Waals surface area contributed by atoms with E-state index in [-0.39, 0.29) is 11.5 Å². The zero-order chi connectivity index (χ0) is 19.4. The highest BCUT2D eigenvalue weighted by atomic mass is 35.5. The number of aromatic nitrogens is 1. The van der Waals surface area contributed by atoms with Crippen molar-refractivity contribution < 1.29 is 4.74 Å². The molecule has 0 spiro atoms. The number of hydrogen-bond donors (Lipinski definition) is 1. The molecule has 1 aliphatic carbocycles. The van der Waals surface area contributed by atoms with Gasteiger partial charge in [-0.3, -0.25) is 4.99 Å². The third kappa shape index (κ3) is 4.81. The molecule has 0 amide bonds. The van der Waals surface area contributed by atoms with Crippen molar-refractivity contribution in [3.05, 3.63) is 50.9 Å². The van der Waals surface area contributed by atoms with Gasteiger partial charge in [0.1, 0.15) is 11.1 Å². The molecular formula is C20H27ClN4OS. The summed E-state index contributed by atoms with van der Waals surface area (Å²) in [5, 5.41) is 7.41. The molecule has 0 bridgehead atoms. The molecule has 1 aliphatic rings. The minimum Gasteiger partial charge on any atom is -0.375 e. The minimum atomic E-state index is 0.0283. The summed E-state index contributed by atoms with van der Waals surface area (Å²) in [6, 6.07) is 8.21. The van der Waals surface area contributed by atoms with E-state index in [1.165, 1.54) is 18.4 Å². The zero-order valence-electron chi connectivity index (χ0n) is 16.3. The summed E-state index contributed by atoms with van der Waals surface area (Å²) in [6.45, 7) is 3.59. The molecule has 0 aliphatic heterocycles. The quantitative estimate of drug-likeness (QED) is 0.551. The van der Waals surface area contributed by atoms with Crippen molar-refractivity contribution >= 4 is 28.9 Å². The number of methoxy groups -OCH3 is 1. The third-order valence-corrected chi connectivity index (χ3v) is 6.45. The average Bonchev–Trinajstić information content (AvgIpc) is 3.32. The third-order valence-electron chi connectivity index (χ3n) is 5.14. The van der Waals surface area contributed by atoms with Gasteiger partial charge in [0.25, 0.3) is 0 Å². The first-order valence-electron chi connectivity index (χ1n) is 9.12. The maximum Gasteiger partial charge on any atom is 0.193 e. The molecule has 0 saturated heterocycles. The molecule has 0 radical (unpaired) electrons. The molecule has 1 saturated carbocycles. The van der Waals surface area contributed by atoms with Crippen LogP contribution in [-0.4, -0.2) is 43.6 Å². The highest BCUT2D eigenvalue weighted by Gasteiger charge is 2.44. The second kappa shape index (κ2) is 8.59. The Labute approximate surface area is 170 Å². The van der Waals surface area contributed by atoms with Gasteiger partial charge in [-0.1, -0.05) is 23.7 Å². The molecule has 7 heteroatoms. The Hall–Kier alpha value is -1.63. The van der Waals surface area contributed by atoms with Crippen molar-refractivity contribution in [2.45, 2.75) is 37.8 Å². The number of thiazole rings is 1. The highest BCUT2D eigenvalue weighted by Crippen LogP contribution is 2.47. The number of hydrogen-bond acceptors (Lipinski definition) is 4. The topological polar surface area (TPSA) is 49.8 Å². The van der Waals surface area contributed by atoms with Crippen LogP contribution in [0.4, 0.5) is 0 Å². The summed E-state index contributed by atoms with van der Waals surface area (Å²) >= 11 is 7.66. The maximum absolute atomic E-state index is 6.03. The van der Waals surface area contributed by atoms with Crippen molar-refractivity contribution in [1.29, 1.82) is 0 Å². The first-order chi connectivity index (χ1) is 13.0. The second-order valence-electron chi connectivity index (χ2n) is 7.10. The van der Waals surface area contributed by atoms with Crippen LogP contribution in [0.25, 0.3) is 0 Å². The smallest absolute Gasteiger partial charge is 0.193 e. The Kier molecular flexibility index (Phi) is 6.40. The van der Waals surface area contributed by atoms with Crippen LogP contribution in [0.1, 0.15) is 42.1 Å². The minimum absolute atomic E-state index is 0.0283. The number of ether oxygens (including phenoxy) is 1. The van der Waals surface area contributed by atoms with Gasteiger partial charge in [0, 0.05) is 43.6 Å². The van der Waals surface area contributed by atoms with E-state index in [0.717, 1.165) is 28.2 Å². The Balaban J connectivity index is 1.58. The van der Waals surface area contributed by atoms with Gasteiger partial charge in [-0.15, -0.1) is 11.3 Å². The molecule has 146 valence electrons. The first kappa shape index (κ1) is 20.1. The van der Waals surface area contributed by atoms with E-state index in [1.54, 1.807) is 18.4 Å². The summed E-state index contributed by atoms with van der Waals surface area (Å²) in [4.78, 5) is 11.2. The lowest BCUT2D eigenvalue weighted by Gasteiger charge is -2.24. The van der Waals surface area contributed by atoms with Gasteiger partial charge in [0.2, 0.25) is 0 Å². The van der Waals surface area contributed by atoms with Crippen LogP contribution >= 0.6 is 22.9 Å². The van der Waals surface area contributed by atoms with Crippen LogP contribution in [0.3, 0.4) is 0 Å². The summed E-state index contributed by atoms with van der Waals surface area (Å²) in [7, 11) is 5.56. The van der Waals surface area contributed by atoms with E-state index in [1.807, 2.05) is 33.2 Å².